The summed E-state index contributed by atoms with van der Waals surface area (Å²) in [6.07, 6.45) is 2.05. The quantitative estimate of drug-likeness (QED) is 0.823. The minimum absolute atomic E-state index is 0.0828. The Morgan fingerprint density at radius 2 is 1.72 bits per heavy atom. The Morgan fingerprint density at radius 3 is 2.36 bits per heavy atom. The Bertz CT molecular complexity index is 847. The summed E-state index contributed by atoms with van der Waals surface area (Å²) in [4.78, 5) is 12.3. The molecule has 0 aliphatic carbocycles. The predicted octanol–water partition coefficient (Wildman–Crippen LogP) is 3.35. The number of benzene rings is 2. The van der Waals surface area contributed by atoms with Gasteiger partial charge in [0.1, 0.15) is 0 Å². The number of nitrogens with zero attached hydrogens (tertiary/aromatic N) is 1. The van der Waals surface area contributed by atoms with Gasteiger partial charge in [-0.25, -0.2) is 8.42 Å². The summed E-state index contributed by atoms with van der Waals surface area (Å²) in [6, 6.07) is 14.9. The average Bonchev–Trinajstić information content (AvgIpc) is 2.56. The average molecular weight is 360 g/mol. The van der Waals surface area contributed by atoms with Crippen molar-refractivity contribution in [1.29, 1.82) is 0 Å². The van der Waals surface area contributed by atoms with Gasteiger partial charge in [-0.3, -0.25) is 9.10 Å². The molecule has 0 aromatic heterocycles. The Balaban J connectivity index is 2.11. The number of anilines is 2. The van der Waals surface area contributed by atoms with Crippen LogP contribution in [0, 0.1) is 6.92 Å². The van der Waals surface area contributed by atoms with Crippen LogP contribution in [0.4, 0.5) is 11.4 Å². The van der Waals surface area contributed by atoms with E-state index in [2.05, 4.69) is 5.32 Å². The molecule has 0 saturated heterocycles. The molecule has 5 nitrogen and oxygen atoms in total. The summed E-state index contributed by atoms with van der Waals surface area (Å²) < 4.78 is 25.6. The minimum atomic E-state index is -3.47. The van der Waals surface area contributed by atoms with Crippen LogP contribution in [0.5, 0.6) is 0 Å². The number of sulfonamides is 1. The SMILES string of the molecule is CCc1ccccc1NC(=O)CCN(c1ccccc1C)S(C)(=O)=O. The first-order valence-corrected chi connectivity index (χ1v) is 10.1. The number of amides is 1. The third-order valence-corrected chi connectivity index (χ3v) is 5.18. The normalized spacial score (nSPS) is 11.2. The number of nitrogens with one attached hydrogen (secondary N) is 1. The van der Waals surface area contributed by atoms with Crippen LogP contribution in [0.15, 0.2) is 48.5 Å². The number of hydrogen-bond acceptors (Lipinski definition) is 3. The van der Waals surface area contributed by atoms with Gasteiger partial charge in [0.2, 0.25) is 15.9 Å². The van der Waals surface area contributed by atoms with E-state index >= 15 is 0 Å². The van der Waals surface area contributed by atoms with Crippen molar-refractivity contribution in [3.8, 4) is 0 Å². The third kappa shape index (κ3) is 5.06. The smallest absolute Gasteiger partial charge is 0.232 e. The molecular formula is C19H24N2O3S. The number of carbonyl (C=O) groups excluding carboxylic acids is 1. The molecule has 0 unspecified atom stereocenters. The maximum atomic E-state index is 12.3. The van der Waals surface area contributed by atoms with Crippen molar-refractivity contribution in [3.05, 3.63) is 59.7 Å². The monoisotopic (exact) mass is 360 g/mol. The van der Waals surface area contributed by atoms with Crippen LogP contribution in [0.3, 0.4) is 0 Å². The summed E-state index contributed by atoms with van der Waals surface area (Å²) in [6.45, 7) is 3.98. The molecule has 0 atom stereocenters. The van der Waals surface area contributed by atoms with E-state index in [-0.39, 0.29) is 18.9 Å². The van der Waals surface area contributed by atoms with Gasteiger partial charge in [0.15, 0.2) is 0 Å². The highest BCUT2D eigenvalue weighted by Crippen LogP contribution is 2.22. The van der Waals surface area contributed by atoms with E-state index < -0.39 is 10.0 Å². The zero-order valence-electron chi connectivity index (χ0n) is 14.8. The molecule has 0 aliphatic rings. The Labute approximate surface area is 149 Å². The Hall–Kier alpha value is -2.34. The molecule has 0 radical (unpaired) electrons. The van der Waals surface area contributed by atoms with E-state index in [4.69, 9.17) is 0 Å². The maximum Gasteiger partial charge on any atom is 0.232 e. The molecule has 134 valence electrons. The lowest BCUT2D eigenvalue weighted by molar-refractivity contribution is -0.116. The Morgan fingerprint density at radius 1 is 1.08 bits per heavy atom. The molecule has 1 amide bonds. The van der Waals surface area contributed by atoms with Gasteiger partial charge < -0.3 is 5.32 Å². The van der Waals surface area contributed by atoms with E-state index in [1.54, 1.807) is 12.1 Å². The Kier molecular flexibility index (Phi) is 6.20. The molecule has 0 spiro atoms. The fourth-order valence-electron chi connectivity index (χ4n) is 2.67. The number of aryl methyl sites for hydroxylation is 2. The summed E-state index contributed by atoms with van der Waals surface area (Å²) in [5.74, 6) is -0.205. The lowest BCUT2D eigenvalue weighted by Gasteiger charge is -2.24. The summed E-state index contributed by atoms with van der Waals surface area (Å²) >= 11 is 0. The molecule has 6 heteroatoms. The van der Waals surface area contributed by atoms with E-state index in [1.165, 1.54) is 4.31 Å². The van der Waals surface area contributed by atoms with Gasteiger partial charge in [-0.2, -0.15) is 0 Å². The first kappa shape index (κ1) is 19.0. The minimum Gasteiger partial charge on any atom is -0.326 e. The molecule has 0 heterocycles. The van der Waals surface area contributed by atoms with Crippen LogP contribution in [0.25, 0.3) is 0 Å². The van der Waals surface area contributed by atoms with Gasteiger partial charge in [-0.15, -0.1) is 0 Å². The van der Waals surface area contributed by atoms with Crippen molar-refractivity contribution >= 4 is 27.3 Å². The van der Waals surface area contributed by atoms with Crippen LogP contribution in [0.2, 0.25) is 0 Å². The fourth-order valence-corrected chi connectivity index (χ4v) is 3.66. The lowest BCUT2D eigenvalue weighted by Crippen LogP contribution is -2.33. The van der Waals surface area contributed by atoms with Gasteiger partial charge in [-0.1, -0.05) is 43.3 Å². The number of para-hydroxylation sites is 2. The van der Waals surface area contributed by atoms with Gasteiger partial charge in [0, 0.05) is 18.7 Å². The van der Waals surface area contributed by atoms with Crippen LogP contribution >= 0.6 is 0 Å². The molecule has 0 fully saturated rings. The van der Waals surface area contributed by atoms with Crippen molar-refractivity contribution in [1.82, 2.24) is 0 Å². The molecular weight excluding hydrogens is 336 g/mol. The third-order valence-electron chi connectivity index (χ3n) is 4.00. The first-order valence-electron chi connectivity index (χ1n) is 8.24. The van der Waals surface area contributed by atoms with Gasteiger partial charge in [0.25, 0.3) is 0 Å². The van der Waals surface area contributed by atoms with Crippen LogP contribution < -0.4 is 9.62 Å². The van der Waals surface area contributed by atoms with E-state index in [9.17, 15) is 13.2 Å². The first-order chi connectivity index (χ1) is 11.8. The van der Waals surface area contributed by atoms with Crippen molar-refractivity contribution < 1.29 is 13.2 Å². The zero-order chi connectivity index (χ0) is 18.4. The molecule has 1 N–H and O–H groups in total. The second-order valence-electron chi connectivity index (χ2n) is 5.93. The predicted molar refractivity (Wildman–Crippen MR) is 102 cm³/mol. The summed E-state index contributed by atoms with van der Waals surface area (Å²) in [7, 11) is -3.47. The molecule has 0 bridgehead atoms. The lowest BCUT2D eigenvalue weighted by atomic mass is 10.1. The second kappa shape index (κ2) is 8.16. The molecule has 2 rings (SSSR count). The molecule has 2 aromatic carbocycles. The standard InChI is InChI=1S/C19H24N2O3S/c1-4-16-10-6-7-11-17(16)20-19(22)13-14-21(25(3,23)24)18-12-8-5-9-15(18)2/h5-12H,4,13-14H2,1-3H3,(H,20,22). The van der Waals surface area contributed by atoms with Crippen LogP contribution in [0.1, 0.15) is 24.5 Å². The number of carbonyl (C=O) groups is 1. The van der Waals surface area contributed by atoms with Gasteiger partial charge >= 0.3 is 0 Å². The largest absolute Gasteiger partial charge is 0.326 e. The van der Waals surface area contributed by atoms with Crippen molar-refractivity contribution in [3.63, 3.8) is 0 Å². The van der Waals surface area contributed by atoms with Crippen molar-refractivity contribution in [2.75, 3.05) is 22.4 Å². The van der Waals surface area contributed by atoms with Crippen molar-refractivity contribution in [2.45, 2.75) is 26.7 Å². The molecule has 0 saturated carbocycles. The van der Waals surface area contributed by atoms with Gasteiger partial charge in [-0.05, 0) is 36.6 Å². The fraction of sp³-hybridized carbons (Fsp3) is 0.316. The molecule has 0 aliphatic heterocycles. The second-order valence-corrected chi connectivity index (χ2v) is 7.84. The molecule has 25 heavy (non-hydrogen) atoms. The highest BCUT2D eigenvalue weighted by Gasteiger charge is 2.20. The zero-order valence-corrected chi connectivity index (χ0v) is 15.6. The summed E-state index contributed by atoms with van der Waals surface area (Å²) in [5.41, 5.74) is 3.28. The van der Waals surface area contributed by atoms with Crippen LogP contribution in [-0.2, 0) is 21.2 Å². The molecule has 2 aromatic rings. The maximum absolute atomic E-state index is 12.3. The van der Waals surface area contributed by atoms with E-state index in [1.807, 2.05) is 50.2 Å². The number of rotatable bonds is 7. The summed E-state index contributed by atoms with van der Waals surface area (Å²) in [5, 5.41) is 2.87. The number of hydrogen-bond donors (Lipinski definition) is 1. The highest BCUT2D eigenvalue weighted by atomic mass is 32.2. The topological polar surface area (TPSA) is 66.5 Å². The highest BCUT2D eigenvalue weighted by molar-refractivity contribution is 7.92. The van der Waals surface area contributed by atoms with Gasteiger partial charge in [0.05, 0.1) is 11.9 Å². The van der Waals surface area contributed by atoms with Crippen molar-refractivity contribution in [2.24, 2.45) is 0 Å². The van der Waals surface area contributed by atoms with E-state index in [0.29, 0.717) is 5.69 Å². The van der Waals surface area contributed by atoms with Crippen LogP contribution in [-0.4, -0.2) is 27.1 Å². The van der Waals surface area contributed by atoms with E-state index in [0.717, 1.165) is 29.5 Å².